The molecule has 638 valence electrons. The van der Waals surface area contributed by atoms with Crippen LogP contribution in [0.3, 0.4) is 0 Å². The molecule has 9 aromatic rings. The minimum absolute atomic E-state index is 0.665. The Morgan fingerprint density at radius 2 is 0.538 bits per heavy atom. The highest BCUT2D eigenvalue weighted by molar-refractivity contribution is 6.30. The maximum atomic E-state index is 8.84. The van der Waals surface area contributed by atoms with Crippen molar-refractivity contribution in [2.45, 2.75) is 103 Å². The average Bonchev–Trinajstić information content (AvgIpc) is 0.869. The number of ether oxygens (including phenoxy) is 13. The lowest BCUT2D eigenvalue weighted by Gasteiger charge is -2.32. The SMILES string of the molecule is COc1ccc(CCN2CCC(CCOc3ccc(-c4ccccc4)cc3)CC2)cc1OC.COc1ccc(CCN2CCC(CCOc3ccc(C#N)cc3)CC2)cc1OC.COc1ccc(CCN2CCC(CCOc3ccc(Cl)cc3)CC2)cc1OC.COc1ccc(OCCC2CCN(CCc3ccc(OC)c(OC)c3)CC2)cc1. The monoisotopic (exact) mass is 1640 g/mol. The van der Waals surface area contributed by atoms with E-state index in [0.29, 0.717) is 5.56 Å². The molecule has 18 nitrogen and oxygen atoms in total. The zero-order chi connectivity index (χ0) is 83.6. The van der Waals surface area contributed by atoms with Crippen LogP contribution >= 0.6 is 11.6 Å². The van der Waals surface area contributed by atoms with Gasteiger partial charge < -0.3 is 81.2 Å². The number of likely N-dealkylation sites (tertiary alicyclic amines) is 4. The molecule has 0 aromatic heterocycles. The molecule has 19 heteroatoms. The molecule has 0 atom stereocenters. The third kappa shape index (κ3) is 31.0. The predicted molar refractivity (Wildman–Crippen MR) is 478 cm³/mol. The number of rotatable bonds is 38. The number of benzene rings is 9. The van der Waals surface area contributed by atoms with Gasteiger partial charge >= 0.3 is 0 Å². The van der Waals surface area contributed by atoms with Gasteiger partial charge in [0.05, 0.1) is 102 Å². The van der Waals surface area contributed by atoms with Crippen molar-refractivity contribution in [3.05, 3.63) is 233 Å². The molecule has 0 saturated carbocycles. The van der Waals surface area contributed by atoms with E-state index in [1.165, 1.54) is 124 Å². The van der Waals surface area contributed by atoms with Crippen molar-refractivity contribution in [2.75, 3.05) is 169 Å². The van der Waals surface area contributed by atoms with Gasteiger partial charge in [-0.1, -0.05) is 78.3 Å². The van der Waals surface area contributed by atoms with Crippen LogP contribution in [0.25, 0.3) is 11.1 Å². The number of hydrogen-bond donors (Lipinski definition) is 0. The van der Waals surface area contributed by atoms with E-state index in [-0.39, 0.29) is 0 Å². The number of methoxy groups -OCH3 is 9. The zero-order valence-electron chi connectivity index (χ0n) is 71.9. The lowest BCUT2D eigenvalue weighted by molar-refractivity contribution is 0.164. The Morgan fingerprint density at radius 3 is 0.807 bits per heavy atom. The van der Waals surface area contributed by atoms with Gasteiger partial charge in [-0.3, -0.25) is 0 Å². The summed E-state index contributed by atoms with van der Waals surface area (Å²) in [5, 5.41) is 9.58. The first-order valence-electron chi connectivity index (χ1n) is 42.7. The van der Waals surface area contributed by atoms with Crippen molar-refractivity contribution in [1.29, 1.82) is 5.26 Å². The van der Waals surface area contributed by atoms with E-state index in [1.807, 2.05) is 91.0 Å². The smallest absolute Gasteiger partial charge is 0.160 e. The van der Waals surface area contributed by atoms with E-state index < -0.39 is 0 Å². The second-order valence-corrected chi connectivity index (χ2v) is 31.5. The van der Waals surface area contributed by atoms with Crippen LogP contribution in [0, 0.1) is 35.0 Å². The van der Waals surface area contributed by atoms with Crippen molar-refractivity contribution < 1.29 is 61.6 Å². The first-order chi connectivity index (χ1) is 58.3. The summed E-state index contributed by atoms with van der Waals surface area (Å²) in [6, 6.07) is 68.6. The van der Waals surface area contributed by atoms with Crippen LogP contribution in [0.4, 0.5) is 0 Å². The summed E-state index contributed by atoms with van der Waals surface area (Å²) in [5.74, 6) is 13.8. The van der Waals surface area contributed by atoms with Gasteiger partial charge in [0, 0.05) is 31.2 Å². The fraction of sp³-hybridized carbons (Fsp3) is 0.450. The van der Waals surface area contributed by atoms with Crippen molar-refractivity contribution in [3.63, 3.8) is 0 Å². The molecule has 0 bridgehead atoms. The molecule has 0 unspecified atom stereocenters. The molecule has 0 aliphatic carbocycles. The maximum absolute atomic E-state index is 8.84. The summed E-state index contributed by atoms with van der Waals surface area (Å²) in [6.07, 6.45) is 18.5. The van der Waals surface area contributed by atoms with E-state index in [0.717, 1.165) is 221 Å². The predicted octanol–water partition coefficient (Wildman–Crippen LogP) is 19.9. The average molecular weight is 1640 g/mol. The van der Waals surface area contributed by atoms with E-state index >= 15 is 0 Å². The minimum Gasteiger partial charge on any atom is -0.497 e. The van der Waals surface area contributed by atoms with Crippen LogP contribution in [-0.2, 0) is 25.7 Å². The Hall–Kier alpha value is -10.0. The number of piperidine rings is 4. The standard InChI is InChI=1S/C29H35NO3.C24H30N2O3.C24H33NO4.C23H30ClNO3/c1-31-28-13-8-24(22-29(28)32-2)16-20-30-18-14-23(15-19-30)17-21-33-27-11-9-26(10-12-27)25-6-4-3-5-7-25;1-27-23-8-5-20(17-24(23)28-2)11-15-26-13-9-19(10-14-26)12-16-29-22-6-3-21(18-25)4-7-22;1-26-21-5-7-22(8-6-21)29-17-13-19-10-14-25(15-11-19)16-12-20-4-9-23(27-2)24(18-20)28-3;1-26-22-8-3-19(17-23(22)27-2)11-15-25-13-9-18(10-14-25)12-16-28-21-6-4-20(24)5-7-21/h3-13,22-23H,14-21H2,1-2H3;3-8,17,19H,9-16H2,1-2H3;4-9,18-19H,10-17H2,1-3H3;3-8,17-18H,9-16H2,1-2H3. The number of hydrogen-bond acceptors (Lipinski definition) is 18. The van der Waals surface area contributed by atoms with Crippen molar-refractivity contribution in [1.82, 2.24) is 19.6 Å². The van der Waals surface area contributed by atoms with Crippen molar-refractivity contribution >= 4 is 11.6 Å². The highest BCUT2D eigenvalue weighted by Crippen LogP contribution is 2.35. The lowest BCUT2D eigenvalue weighted by Crippen LogP contribution is -2.35. The van der Waals surface area contributed by atoms with Gasteiger partial charge in [0.15, 0.2) is 46.0 Å². The number of nitrogens with zero attached hydrogens (tertiary/aromatic N) is 5. The van der Waals surface area contributed by atoms with Crippen molar-refractivity contribution in [2.24, 2.45) is 23.7 Å². The van der Waals surface area contributed by atoms with Crippen LogP contribution in [-0.4, -0.2) is 189 Å². The second kappa shape index (κ2) is 50.8. The summed E-state index contributed by atoms with van der Waals surface area (Å²) in [4.78, 5) is 10.3. The molecule has 0 radical (unpaired) electrons. The fourth-order valence-corrected chi connectivity index (χ4v) is 16.0. The van der Waals surface area contributed by atoms with E-state index in [2.05, 4.69) is 123 Å². The van der Waals surface area contributed by atoms with E-state index in [4.69, 9.17) is 78.4 Å². The summed E-state index contributed by atoms with van der Waals surface area (Å²) >= 11 is 5.90. The summed E-state index contributed by atoms with van der Waals surface area (Å²) in [6.45, 7) is 16.7. The number of halogens is 1. The normalized spacial score (nSPS) is 15.0. The van der Waals surface area contributed by atoms with Gasteiger partial charge in [-0.05, 0) is 346 Å². The highest BCUT2D eigenvalue weighted by atomic mass is 35.5. The third-order valence-corrected chi connectivity index (χ3v) is 23.7. The Bertz CT molecular complexity index is 4370. The van der Waals surface area contributed by atoms with Gasteiger partial charge in [-0.25, -0.2) is 0 Å². The molecule has 4 heterocycles. The molecular formula is C100H128ClN5O13. The molecule has 4 aliphatic rings. The lowest BCUT2D eigenvalue weighted by atomic mass is 9.93. The van der Waals surface area contributed by atoms with Crippen molar-refractivity contribution in [3.8, 4) is 91.9 Å². The first kappa shape index (κ1) is 91.3. The van der Waals surface area contributed by atoms with Gasteiger partial charge in [0.1, 0.15) is 28.7 Å². The molecule has 4 saturated heterocycles. The minimum atomic E-state index is 0.665. The highest BCUT2D eigenvalue weighted by Gasteiger charge is 2.24. The molecule has 4 fully saturated rings. The molecular weight excluding hydrogens is 1510 g/mol. The summed E-state index contributed by atoms with van der Waals surface area (Å²) in [7, 11) is 15.1. The Morgan fingerprint density at radius 1 is 0.286 bits per heavy atom. The van der Waals surface area contributed by atoms with E-state index in [9.17, 15) is 0 Å². The first-order valence-corrected chi connectivity index (χ1v) is 43.0. The van der Waals surface area contributed by atoms with Gasteiger partial charge in [-0.15, -0.1) is 0 Å². The van der Waals surface area contributed by atoms with Crippen LogP contribution in [0.5, 0.6) is 74.7 Å². The topological polar surface area (TPSA) is 157 Å². The maximum Gasteiger partial charge on any atom is 0.160 e. The molecule has 0 amide bonds. The second-order valence-electron chi connectivity index (χ2n) is 31.1. The van der Waals surface area contributed by atoms with Crippen LogP contribution in [0.15, 0.2) is 200 Å². The quantitative estimate of drug-likeness (QED) is 0.0360. The Balaban J connectivity index is 0.000000167. The molecule has 119 heavy (non-hydrogen) atoms. The molecule has 0 N–H and O–H groups in total. The summed E-state index contributed by atoms with van der Waals surface area (Å²) < 4.78 is 71.7. The third-order valence-electron chi connectivity index (χ3n) is 23.5. The Labute approximate surface area is 714 Å². The van der Waals surface area contributed by atoms with Gasteiger partial charge in [-0.2, -0.15) is 5.26 Å². The molecule has 4 aliphatic heterocycles. The van der Waals surface area contributed by atoms with E-state index in [1.54, 1.807) is 76.1 Å². The number of nitriles is 1. The molecule has 9 aromatic carbocycles. The molecule has 13 rings (SSSR count). The van der Waals surface area contributed by atoms with Crippen LogP contribution < -0.4 is 61.6 Å². The van der Waals surface area contributed by atoms with Gasteiger partial charge in [0.2, 0.25) is 0 Å². The zero-order valence-corrected chi connectivity index (χ0v) is 72.7. The van der Waals surface area contributed by atoms with Crippen LogP contribution in [0.2, 0.25) is 5.02 Å². The van der Waals surface area contributed by atoms with Gasteiger partial charge in [0.25, 0.3) is 0 Å². The molecule has 0 spiro atoms. The summed E-state index contributed by atoms with van der Waals surface area (Å²) in [5.41, 5.74) is 8.28. The largest absolute Gasteiger partial charge is 0.497 e. The fourth-order valence-electron chi connectivity index (χ4n) is 15.9. The Kier molecular flexibility index (Phi) is 39.0. The van der Waals surface area contributed by atoms with Crippen LogP contribution in [0.1, 0.15) is 105 Å².